The Balaban J connectivity index is 0.000000161. The lowest BCUT2D eigenvalue weighted by atomic mass is 9.66. The van der Waals surface area contributed by atoms with E-state index in [-0.39, 0.29) is 62.2 Å². The molecule has 6 heterocycles. The summed E-state index contributed by atoms with van der Waals surface area (Å²) in [5, 5.41) is 24.9. The van der Waals surface area contributed by atoms with E-state index in [0.717, 1.165) is 52.5 Å². The Morgan fingerprint density at radius 3 is 1.43 bits per heavy atom. The van der Waals surface area contributed by atoms with Gasteiger partial charge in [-0.3, -0.25) is 0 Å². The van der Waals surface area contributed by atoms with Gasteiger partial charge in [0.1, 0.15) is 35.9 Å². The molecule has 386 valence electrons. The molecular weight excluding hydrogens is 1020 g/mol. The summed E-state index contributed by atoms with van der Waals surface area (Å²) < 4.78 is 113. The second-order valence-corrected chi connectivity index (χ2v) is 23.9. The van der Waals surface area contributed by atoms with Crippen LogP contribution in [0, 0.1) is 34.1 Å². The van der Waals surface area contributed by atoms with Crippen molar-refractivity contribution in [3.63, 3.8) is 0 Å². The predicted molar refractivity (Wildman–Crippen MR) is 259 cm³/mol. The van der Waals surface area contributed by atoms with Gasteiger partial charge in [0.15, 0.2) is 0 Å². The predicted octanol–water partition coefficient (Wildman–Crippen LogP) is 6.15. The molecule has 0 aliphatic heterocycles. The summed E-state index contributed by atoms with van der Waals surface area (Å²) in [6.45, 7) is 8.53. The molecule has 1 N–H and O–H groups in total. The van der Waals surface area contributed by atoms with Gasteiger partial charge in [0.2, 0.25) is 0 Å². The first kappa shape index (κ1) is 49.8. The van der Waals surface area contributed by atoms with Crippen molar-refractivity contribution in [1.82, 2.24) is 78.9 Å². The van der Waals surface area contributed by atoms with Crippen LogP contribution in [-0.2, 0) is 30.9 Å². The molecule has 4 aliphatic rings. The van der Waals surface area contributed by atoms with Crippen LogP contribution < -0.4 is 4.72 Å². The standard InChI is InChI=1S/C25H24F2N8O2S.C24H22F2N8O2S/c1-24(2)15-8-10-25(24,21-14(15)12-18(31-32-21)20-16(26)6-5-7-17(20)27)19-9-11-28-22(30-19)35-13-29-23(33-35)38(36,37)34(3)4;1-23(2)14-7-9-24(23,20-13(14)11-17(31-32-20)19-15(25)5-4-6-16(19)26)18-8-10-28-21(30-18)34-12-29-22(33-34)37(35,36)27-3/h5-7,9,11-13,15H,8,10H2,1-4H3;4-6,8,10-12,14,27H,7,9H2,1-3H3/t15-,25-;14-,24-/m00/s1. The molecule has 0 amide bonds. The topological polar surface area (TPSA) is 248 Å². The zero-order valence-corrected chi connectivity index (χ0v) is 42.9. The van der Waals surface area contributed by atoms with E-state index < -0.39 is 59.3 Å². The van der Waals surface area contributed by atoms with Crippen molar-refractivity contribution in [1.29, 1.82) is 0 Å². The van der Waals surface area contributed by atoms with Crippen LogP contribution in [0.15, 0.2) is 96.0 Å². The van der Waals surface area contributed by atoms with Crippen molar-refractivity contribution in [2.24, 2.45) is 10.8 Å². The molecule has 0 radical (unpaired) electrons. The van der Waals surface area contributed by atoms with Gasteiger partial charge in [0.25, 0.3) is 42.3 Å². The van der Waals surface area contributed by atoms with Crippen LogP contribution in [0.25, 0.3) is 34.4 Å². The second-order valence-electron chi connectivity index (χ2n) is 20.1. The first-order chi connectivity index (χ1) is 35.6. The third-order valence-electron chi connectivity index (χ3n) is 15.9. The summed E-state index contributed by atoms with van der Waals surface area (Å²) in [4.78, 5) is 25.9. The Hall–Kier alpha value is -7.42. The number of halogens is 4. The molecular formula is C49H46F4N16O4S2. The molecule has 4 aliphatic carbocycles. The summed E-state index contributed by atoms with van der Waals surface area (Å²) in [6, 6.07) is 14.5. The Morgan fingerprint density at radius 1 is 0.600 bits per heavy atom. The summed E-state index contributed by atoms with van der Waals surface area (Å²) in [5.41, 5.74) is 2.54. The minimum atomic E-state index is -3.83. The van der Waals surface area contributed by atoms with Crippen molar-refractivity contribution in [2.45, 2.75) is 86.4 Å². The molecule has 0 spiro atoms. The average Bonchev–Trinajstić information content (AvgIpc) is 4.24. The summed E-state index contributed by atoms with van der Waals surface area (Å²) in [7, 11) is -3.59. The Kier molecular flexibility index (Phi) is 11.5. The number of nitrogens with zero attached hydrogens (tertiary/aromatic N) is 15. The number of aromatic nitrogens is 14. The number of hydrogen-bond acceptors (Lipinski definition) is 16. The Bertz CT molecular complexity index is 3840. The van der Waals surface area contributed by atoms with Gasteiger partial charge < -0.3 is 0 Å². The normalized spacial score (nSPS) is 21.8. The van der Waals surface area contributed by atoms with E-state index >= 15 is 0 Å². The summed E-state index contributed by atoms with van der Waals surface area (Å²) in [6.07, 6.45) is 8.82. The minimum Gasteiger partial charge on any atom is -0.220 e. The minimum absolute atomic E-state index is 0.0724. The maximum absolute atomic E-state index is 14.5. The number of nitrogens with one attached hydrogen (secondary N) is 1. The maximum atomic E-state index is 14.5. The van der Waals surface area contributed by atoms with Crippen LogP contribution in [0.5, 0.6) is 0 Å². The van der Waals surface area contributed by atoms with E-state index in [2.05, 4.69) is 82.9 Å². The summed E-state index contributed by atoms with van der Waals surface area (Å²) in [5.74, 6) is -2.32. The fraction of sp³-hybridized carbons (Fsp3) is 0.347. The number of benzene rings is 2. The lowest BCUT2D eigenvalue weighted by molar-refractivity contribution is 0.242. The average molecular weight is 1060 g/mol. The van der Waals surface area contributed by atoms with Gasteiger partial charge in [-0.15, -0.1) is 20.4 Å². The zero-order chi connectivity index (χ0) is 53.2. The quantitative estimate of drug-likeness (QED) is 0.151. The van der Waals surface area contributed by atoms with Gasteiger partial charge in [-0.2, -0.15) is 19.6 Å². The molecule has 20 nitrogen and oxygen atoms in total. The lowest BCUT2D eigenvalue weighted by Gasteiger charge is -2.37. The fourth-order valence-corrected chi connectivity index (χ4v) is 13.4. The maximum Gasteiger partial charge on any atom is 0.282 e. The second kappa shape index (κ2) is 17.3. The molecule has 12 rings (SSSR count). The van der Waals surface area contributed by atoms with Crippen molar-refractivity contribution in [3.8, 4) is 34.4 Å². The van der Waals surface area contributed by atoms with Gasteiger partial charge in [-0.1, -0.05) is 39.8 Å². The van der Waals surface area contributed by atoms with Crippen LogP contribution in [-0.4, -0.2) is 112 Å². The lowest BCUT2D eigenvalue weighted by Crippen LogP contribution is -2.38. The Labute approximate surface area is 427 Å². The Morgan fingerprint density at radius 2 is 1.01 bits per heavy atom. The van der Waals surface area contributed by atoms with Crippen LogP contribution in [0.3, 0.4) is 0 Å². The molecule has 0 saturated heterocycles. The SMILES string of the molecule is CN(C)S(=O)(=O)c1ncn(-c2nccc([C@@]34CC[C@@H](c5cc(-c6c(F)cccc6F)nnc53)C4(C)C)n2)n1.CNS(=O)(=O)c1ncn(-c2nccc([C@@]34CC[C@@H](c5cc(-c6c(F)cccc6F)nnc53)C4(C)C)n2)n1. The first-order valence-electron chi connectivity index (χ1n) is 23.6. The highest BCUT2D eigenvalue weighted by Gasteiger charge is 2.66. The third-order valence-corrected chi connectivity index (χ3v) is 18.7. The number of sulfonamides is 2. The van der Waals surface area contributed by atoms with Crippen LogP contribution >= 0.6 is 0 Å². The molecule has 2 fully saturated rings. The molecule has 8 aromatic rings. The zero-order valence-electron chi connectivity index (χ0n) is 41.2. The highest BCUT2D eigenvalue weighted by molar-refractivity contribution is 7.89. The highest BCUT2D eigenvalue weighted by Crippen LogP contribution is 2.70. The largest absolute Gasteiger partial charge is 0.282 e. The van der Waals surface area contributed by atoms with E-state index in [4.69, 9.17) is 9.97 Å². The number of fused-ring (bicyclic) bond motifs is 10. The van der Waals surface area contributed by atoms with Crippen LogP contribution in [0.1, 0.15) is 99.1 Å². The highest BCUT2D eigenvalue weighted by atomic mass is 32.2. The van der Waals surface area contributed by atoms with Gasteiger partial charge in [0, 0.05) is 26.5 Å². The first-order valence-corrected chi connectivity index (χ1v) is 26.5. The van der Waals surface area contributed by atoms with Gasteiger partial charge in [0.05, 0.1) is 56.1 Å². The summed E-state index contributed by atoms with van der Waals surface area (Å²) >= 11 is 0. The molecule has 4 bridgehead atoms. The molecule has 0 unspecified atom stereocenters. The monoisotopic (exact) mass is 1060 g/mol. The molecule has 26 heteroatoms. The van der Waals surface area contributed by atoms with E-state index in [0.29, 0.717) is 11.4 Å². The smallest absolute Gasteiger partial charge is 0.220 e. The molecule has 2 aromatic carbocycles. The van der Waals surface area contributed by atoms with Gasteiger partial charge >= 0.3 is 0 Å². The van der Waals surface area contributed by atoms with Crippen molar-refractivity contribution in [2.75, 3.05) is 21.1 Å². The molecule has 4 atom stereocenters. The fourth-order valence-electron chi connectivity index (χ4n) is 12.1. The van der Waals surface area contributed by atoms with E-state index in [1.807, 2.05) is 6.07 Å². The molecule has 2 saturated carbocycles. The van der Waals surface area contributed by atoms with Gasteiger partial charge in [-0.05, 0) is 115 Å². The molecule has 75 heavy (non-hydrogen) atoms. The van der Waals surface area contributed by atoms with Crippen LogP contribution in [0.4, 0.5) is 17.6 Å². The van der Waals surface area contributed by atoms with Gasteiger partial charge in [-0.25, -0.2) is 73.3 Å². The molecule has 6 aromatic heterocycles. The van der Waals surface area contributed by atoms with E-state index in [1.54, 1.807) is 30.6 Å². The number of rotatable bonds is 10. The number of hydrogen-bond donors (Lipinski definition) is 1. The van der Waals surface area contributed by atoms with Crippen LogP contribution in [0.2, 0.25) is 0 Å². The van der Waals surface area contributed by atoms with E-state index in [1.165, 1.54) is 79.6 Å². The van der Waals surface area contributed by atoms with Crippen molar-refractivity contribution < 1.29 is 34.4 Å². The van der Waals surface area contributed by atoms with E-state index in [9.17, 15) is 34.4 Å². The third kappa shape index (κ3) is 7.26. The van der Waals surface area contributed by atoms with Crippen molar-refractivity contribution in [3.05, 3.63) is 143 Å². The van der Waals surface area contributed by atoms with Crippen molar-refractivity contribution >= 4 is 20.0 Å².